The van der Waals surface area contributed by atoms with E-state index < -0.39 is 17.7 Å². The Balaban J connectivity index is 2.31. The van der Waals surface area contributed by atoms with E-state index in [0.717, 1.165) is 11.6 Å². The van der Waals surface area contributed by atoms with Crippen LogP contribution >= 0.6 is 0 Å². The summed E-state index contributed by atoms with van der Waals surface area (Å²) in [6.07, 6.45) is -3.96. The molecule has 0 aliphatic rings. The number of ether oxygens (including phenoxy) is 2. The summed E-state index contributed by atoms with van der Waals surface area (Å²) < 4.78 is 50.2. The molecule has 2 rings (SSSR count). The average molecular weight is 366 g/mol. The number of carbonyl (C=O) groups is 1. The van der Waals surface area contributed by atoms with Gasteiger partial charge >= 0.3 is 12.1 Å². The zero-order valence-corrected chi connectivity index (χ0v) is 14.9. The molecule has 0 fully saturated rings. The quantitative estimate of drug-likeness (QED) is 0.684. The monoisotopic (exact) mass is 366 g/mol. The molecule has 0 atom stereocenters. The molecule has 2 aromatic carbocycles. The Kier molecular flexibility index (Phi) is 6.29. The Morgan fingerprint density at radius 2 is 1.88 bits per heavy atom. The SMILES string of the molecule is CCc1ccc(OCc2c(C)cccc2CC(=O)OC)c(C(F)(F)F)c1. The highest BCUT2D eigenvalue weighted by Gasteiger charge is 2.34. The summed E-state index contributed by atoms with van der Waals surface area (Å²) in [6.45, 7) is 3.56. The molecule has 2 aromatic rings. The zero-order valence-electron chi connectivity index (χ0n) is 14.9. The van der Waals surface area contributed by atoms with E-state index in [1.165, 1.54) is 13.2 Å². The predicted octanol–water partition coefficient (Wildman–Crippen LogP) is 4.87. The first-order valence-corrected chi connectivity index (χ1v) is 8.23. The number of aryl methyl sites for hydroxylation is 2. The molecule has 0 aromatic heterocycles. The molecule has 140 valence electrons. The second kappa shape index (κ2) is 8.25. The number of carbonyl (C=O) groups excluding carboxylic acids is 1. The summed E-state index contributed by atoms with van der Waals surface area (Å²) in [5, 5.41) is 0. The number of esters is 1. The Labute approximate surface area is 150 Å². The second-order valence-corrected chi connectivity index (χ2v) is 5.94. The lowest BCUT2D eigenvalue weighted by molar-refractivity contribution is -0.140. The zero-order chi connectivity index (χ0) is 19.3. The molecule has 0 heterocycles. The van der Waals surface area contributed by atoms with E-state index in [1.54, 1.807) is 25.1 Å². The van der Waals surface area contributed by atoms with Crippen LogP contribution in [0.4, 0.5) is 13.2 Å². The van der Waals surface area contributed by atoms with E-state index >= 15 is 0 Å². The van der Waals surface area contributed by atoms with Gasteiger partial charge in [-0.25, -0.2) is 0 Å². The third kappa shape index (κ3) is 4.77. The number of alkyl halides is 3. The maximum Gasteiger partial charge on any atom is 0.419 e. The van der Waals surface area contributed by atoms with E-state index in [2.05, 4.69) is 4.74 Å². The molecular weight excluding hydrogens is 345 g/mol. The Morgan fingerprint density at radius 3 is 2.50 bits per heavy atom. The standard InChI is InChI=1S/C20H21F3O3/c1-4-14-8-9-18(17(10-14)20(21,22)23)26-12-16-13(2)6-5-7-15(16)11-19(24)25-3/h5-10H,4,11-12H2,1-3H3. The van der Waals surface area contributed by atoms with Gasteiger partial charge in [0, 0.05) is 0 Å². The van der Waals surface area contributed by atoms with Gasteiger partial charge in [-0.2, -0.15) is 13.2 Å². The number of hydrogen-bond acceptors (Lipinski definition) is 3. The van der Waals surface area contributed by atoms with E-state index in [-0.39, 0.29) is 18.8 Å². The van der Waals surface area contributed by atoms with E-state index in [4.69, 9.17) is 4.74 Å². The first-order valence-electron chi connectivity index (χ1n) is 8.23. The minimum atomic E-state index is -4.50. The molecule has 6 heteroatoms. The predicted molar refractivity (Wildman–Crippen MR) is 92.1 cm³/mol. The van der Waals surface area contributed by atoms with Gasteiger partial charge in [0.15, 0.2) is 0 Å². The largest absolute Gasteiger partial charge is 0.488 e. The molecule has 0 saturated heterocycles. The van der Waals surface area contributed by atoms with Crippen molar-refractivity contribution in [1.82, 2.24) is 0 Å². The van der Waals surface area contributed by atoms with Crippen LogP contribution in [0.3, 0.4) is 0 Å². The van der Waals surface area contributed by atoms with Crippen LogP contribution in [-0.4, -0.2) is 13.1 Å². The van der Waals surface area contributed by atoms with Crippen LogP contribution in [0.5, 0.6) is 5.75 Å². The van der Waals surface area contributed by atoms with Gasteiger partial charge in [-0.3, -0.25) is 4.79 Å². The molecule has 26 heavy (non-hydrogen) atoms. The highest BCUT2D eigenvalue weighted by Crippen LogP contribution is 2.37. The van der Waals surface area contributed by atoms with Crippen molar-refractivity contribution in [1.29, 1.82) is 0 Å². The van der Waals surface area contributed by atoms with Crippen molar-refractivity contribution >= 4 is 5.97 Å². The Hall–Kier alpha value is -2.50. The molecular formula is C20H21F3O3. The third-order valence-corrected chi connectivity index (χ3v) is 4.20. The molecule has 0 N–H and O–H groups in total. The van der Waals surface area contributed by atoms with Crippen LogP contribution in [0.1, 0.15) is 34.7 Å². The molecule has 3 nitrogen and oxygen atoms in total. The van der Waals surface area contributed by atoms with E-state index in [0.29, 0.717) is 23.1 Å². The highest BCUT2D eigenvalue weighted by atomic mass is 19.4. The summed E-state index contributed by atoms with van der Waals surface area (Å²) in [4.78, 5) is 11.6. The van der Waals surface area contributed by atoms with Gasteiger partial charge in [-0.05, 0) is 47.7 Å². The van der Waals surface area contributed by atoms with Crippen LogP contribution in [0, 0.1) is 6.92 Å². The fourth-order valence-corrected chi connectivity index (χ4v) is 2.66. The summed E-state index contributed by atoms with van der Waals surface area (Å²) in [5.41, 5.74) is 2.00. The number of benzene rings is 2. The smallest absolute Gasteiger partial charge is 0.419 e. The fourth-order valence-electron chi connectivity index (χ4n) is 2.66. The minimum Gasteiger partial charge on any atom is -0.488 e. The number of hydrogen-bond donors (Lipinski definition) is 0. The molecule has 0 unspecified atom stereocenters. The second-order valence-electron chi connectivity index (χ2n) is 5.94. The van der Waals surface area contributed by atoms with Crippen molar-refractivity contribution < 1.29 is 27.4 Å². The van der Waals surface area contributed by atoms with Gasteiger partial charge in [0.2, 0.25) is 0 Å². The lowest BCUT2D eigenvalue weighted by atomic mass is 10.00. The summed E-state index contributed by atoms with van der Waals surface area (Å²) >= 11 is 0. The number of rotatable bonds is 6. The minimum absolute atomic E-state index is 0.0395. The highest BCUT2D eigenvalue weighted by molar-refractivity contribution is 5.73. The van der Waals surface area contributed by atoms with Crippen LogP contribution < -0.4 is 4.74 Å². The summed E-state index contributed by atoms with van der Waals surface area (Å²) in [7, 11) is 1.29. The third-order valence-electron chi connectivity index (χ3n) is 4.20. The number of methoxy groups -OCH3 is 1. The Bertz CT molecular complexity index is 782. The van der Waals surface area contributed by atoms with Crippen molar-refractivity contribution in [2.75, 3.05) is 7.11 Å². The van der Waals surface area contributed by atoms with Crippen molar-refractivity contribution in [2.45, 2.75) is 39.5 Å². The molecule has 0 spiro atoms. The molecule has 0 bridgehead atoms. The normalized spacial score (nSPS) is 11.3. The van der Waals surface area contributed by atoms with Gasteiger partial charge in [0.25, 0.3) is 0 Å². The van der Waals surface area contributed by atoms with Gasteiger partial charge in [0.05, 0.1) is 19.1 Å². The van der Waals surface area contributed by atoms with Gasteiger partial charge in [-0.1, -0.05) is 31.2 Å². The van der Waals surface area contributed by atoms with Crippen molar-refractivity contribution in [3.05, 3.63) is 64.2 Å². The van der Waals surface area contributed by atoms with Crippen LogP contribution in [0.15, 0.2) is 36.4 Å². The van der Waals surface area contributed by atoms with Crippen LogP contribution in [0.2, 0.25) is 0 Å². The summed E-state index contributed by atoms with van der Waals surface area (Å²) in [5.74, 6) is -0.637. The van der Waals surface area contributed by atoms with Crippen molar-refractivity contribution in [2.24, 2.45) is 0 Å². The van der Waals surface area contributed by atoms with Crippen molar-refractivity contribution in [3.8, 4) is 5.75 Å². The Morgan fingerprint density at radius 1 is 1.15 bits per heavy atom. The van der Waals surface area contributed by atoms with Crippen molar-refractivity contribution in [3.63, 3.8) is 0 Å². The maximum absolute atomic E-state index is 13.3. The lowest BCUT2D eigenvalue weighted by Crippen LogP contribution is -2.12. The molecule has 0 aliphatic carbocycles. The maximum atomic E-state index is 13.3. The average Bonchev–Trinajstić information content (AvgIpc) is 2.60. The van der Waals surface area contributed by atoms with E-state index in [9.17, 15) is 18.0 Å². The van der Waals surface area contributed by atoms with E-state index in [1.807, 2.05) is 13.0 Å². The summed E-state index contributed by atoms with van der Waals surface area (Å²) in [6, 6.07) is 9.44. The van der Waals surface area contributed by atoms with Crippen LogP contribution in [-0.2, 0) is 35.2 Å². The molecule has 0 saturated carbocycles. The fraction of sp³-hybridized carbons (Fsp3) is 0.350. The molecule has 0 aliphatic heterocycles. The number of halogens is 3. The molecule has 0 amide bonds. The topological polar surface area (TPSA) is 35.5 Å². The van der Waals surface area contributed by atoms with Gasteiger partial charge in [0.1, 0.15) is 12.4 Å². The molecule has 0 radical (unpaired) electrons. The van der Waals surface area contributed by atoms with Gasteiger partial charge < -0.3 is 9.47 Å². The lowest BCUT2D eigenvalue weighted by Gasteiger charge is -2.17. The van der Waals surface area contributed by atoms with Crippen LogP contribution in [0.25, 0.3) is 0 Å². The first kappa shape index (κ1) is 19.8. The first-order chi connectivity index (χ1) is 12.3. The van der Waals surface area contributed by atoms with Gasteiger partial charge in [-0.15, -0.1) is 0 Å².